The third kappa shape index (κ3) is 6.61. The van der Waals surface area contributed by atoms with Crippen molar-refractivity contribution in [2.45, 2.75) is 31.5 Å². The Hall–Kier alpha value is -2.30. The van der Waals surface area contributed by atoms with E-state index >= 15 is 0 Å². The van der Waals surface area contributed by atoms with Gasteiger partial charge in [-0.2, -0.15) is 8.78 Å². The quantitative estimate of drug-likeness (QED) is 0.434. The molecular weight excluding hydrogens is 426 g/mol. The second-order valence-electron chi connectivity index (χ2n) is 6.47. The number of hydrogen-bond donors (Lipinski definition) is 4. The fraction of sp³-hybridized carbons (Fsp3) is 0.333. The Bertz CT molecular complexity index is 891. The van der Waals surface area contributed by atoms with Gasteiger partial charge in [0.1, 0.15) is 12.8 Å². The molecule has 0 saturated heterocycles. The SMILES string of the molecule is CC(N)c1ccc(-c2ccc(C(OP(=O)(O)O)C(CF)NC(=O)C(F)F)cc2)cn1. The molecule has 12 heteroatoms. The molecule has 1 aromatic heterocycles. The van der Waals surface area contributed by atoms with Gasteiger partial charge in [0.15, 0.2) is 0 Å². The van der Waals surface area contributed by atoms with Crippen LogP contribution in [0.15, 0.2) is 42.6 Å². The summed E-state index contributed by atoms with van der Waals surface area (Å²) in [7, 11) is -5.13. The van der Waals surface area contributed by atoms with Gasteiger partial charge in [-0.1, -0.05) is 30.3 Å². The Morgan fingerprint density at radius 1 is 1.20 bits per heavy atom. The van der Waals surface area contributed by atoms with Gasteiger partial charge in [-0.3, -0.25) is 14.3 Å². The fourth-order valence-corrected chi connectivity index (χ4v) is 3.23. The number of nitrogens with one attached hydrogen (secondary N) is 1. The summed E-state index contributed by atoms with van der Waals surface area (Å²) in [4.78, 5) is 33.7. The van der Waals surface area contributed by atoms with Gasteiger partial charge in [0.05, 0.1) is 11.7 Å². The van der Waals surface area contributed by atoms with Crippen LogP contribution in [-0.4, -0.2) is 39.8 Å². The normalized spacial score (nSPS) is 14.9. The molecule has 1 aromatic carbocycles. The molecule has 3 unspecified atom stereocenters. The molecule has 0 aliphatic rings. The second kappa shape index (κ2) is 10.1. The van der Waals surface area contributed by atoms with E-state index in [4.69, 9.17) is 15.5 Å². The van der Waals surface area contributed by atoms with Gasteiger partial charge in [0.2, 0.25) is 0 Å². The summed E-state index contributed by atoms with van der Waals surface area (Å²) < 4.78 is 54.3. The van der Waals surface area contributed by atoms with Gasteiger partial charge in [-0.15, -0.1) is 0 Å². The van der Waals surface area contributed by atoms with E-state index < -0.39 is 39.0 Å². The van der Waals surface area contributed by atoms with Crippen LogP contribution in [0, 0.1) is 0 Å². The molecule has 164 valence electrons. The molecule has 0 aliphatic carbocycles. The first-order valence-electron chi connectivity index (χ1n) is 8.72. The highest BCUT2D eigenvalue weighted by Gasteiger charge is 2.33. The van der Waals surface area contributed by atoms with E-state index in [0.717, 1.165) is 0 Å². The summed E-state index contributed by atoms with van der Waals surface area (Å²) in [5.74, 6) is -1.78. The maximum absolute atomic E-state index is 13.4. The van der Waals surface area contributed by atoms with Gasteiger partial charge in [0.25, 0.3) is 5.91 Å². The first kappa shape index (κ1) is 24.0. The summed E-state index contributed by atoms with van der Waals surface area (Å²) in [6, 6.07) is 7.41. The molecule has 2 rings (SSSR count). The molecule has 0 bridgehead atoms. The van der Waals surface area contributed by atoms with Crippen molar-refractivity contribution in [3.63, 3.8) is 0 Å². The highest BCUT2D eigenvalue weighted by Crippen LogP contribution is 2.44. The molecule has 8 nitrogen and oxygen atoms in total. The molecule has 0 fully saturated rings. The van der Waals surface area contributed by atoms with E-state index in [-0.39, 0.29) is 11.6 Å². The number of nitrogens with two attached hydrogens (primary N) is 1. The number of rotatable bonds is 9. The first-order valence-corrected chi connectivity index (χ1v) is 10.2. The number of nitrogens with zero attached hydrogens (tertiary/aromatic N) is 1. The highest BCUT2D eigenvalue weighted by atomic mass is 31.2. The fourth-order valence-electron chi connectivity index (χ4n) is 2.67. The van der Waals surface area contributed by atoms with Crippen LogP contribution in [0.1, 0.15) is 30.3 Å². The van der Waals surface area contributed by atoms with Gasteiger partial charge in [0, 0.05) is 17.8 Å². The molecule has 0 aliphatic heterocycles. The van der Waals surface area contributed by atoms with E-state index in [0.29, 0.717) is 16.8 Å². The molecule has 0 saturated carbocycles. The van der Waals surface area contributed by atoms with Crippen molar-refractivity contribution in [2.24, 2.45) is 5.73 Å². The van der Waals surface area contributed by atoms with Crippen LogP contribution in [0.5, 0.6) is 0 Å². The van der Waals surface area contributed by atoms with Crippen LogP contribution in [0.3, 0.4) is 0 Å². The summed E-state index contributed by atoms with van der Waals surface area (Å²) in [5.41, 5.74) is 7.89. The second-order valence-corrected chi connectivity index (χ2v) is 7.66. The number of pyridine rings is 1. The minimum atomic E-state index is -5.13. The number of carbonyl (C=O) groups excluding carboxylic acids is 1. The van der Waals surface area contributed by atoms with Crippen LogP contribution in [0.4, 0.5) is 13.2 Å². The van der Waals surface area contributed by atoms with Crippen LogP contribution in [0.25, 0.3) is 11.1 Å². The minimum Gasteiger partial charge on any atom is -0.343 e. The third-order valence-electron chi connectivity index (χ3n) is 4.13. The van der Waals surface area contributed by atoms with Gasteiger partial charge >= 0.3 is 14.2 Å². The van der Waals surface area contributed by atoms with Crippen molar-refractivity contribution in [3.8, 4) is 11.1 Å². The topological polar surface area (TPSA) is 135 Å². The Labute approximate surface area is 170 Å². The average molecular weight is 447 g/mol. The van der Waals surface area contributed by atoms with Crippen LogP contribution < -0.4 is 11.1 Å². The maximum Gasteiger partial charge on any atom is 0.470 e. The predicted molar refractivity (Wildman–Crippen MR) is 102 cm³/mol. The molecule has 0 radical (unpaired) electrons. The lowest BCUT2D eigenvalue weighted by atomic mass is 9.99. The third-order valence-corrected chi connectivity index (χ3v) is 4.64. The largest absolute Gasteiger partial charge is 0.470 e. The number of alkyl halides is 3. The number of phosphoric ester groups is 1. The summed E-state index contributed by atoms with van der Waals surface area (Å²) in [6.07, 6.45) is -3.54. The monoisotopic (exact) mass is 447 g/mol. The average Bonchev–Trinajstić information content (AvgIpc) is 2.69. The predicted octanol–water partition coefficient (Wildman–Crippen LogP) is 2.64. The van der Waals surface area contributed by atoms with Gasteiger partial charge in [-0.05, 0) is 24.1 Å². The zero-order chi connectivity index (χ0) is 22.5. The smallest absolute Gasteiger partial charge is 0.343 e. The number of benzene rings is 1. The lowest BCUT2D eigenvalue weighted by Gasteiger charge is -2.26. The zero-order valence-electron chi connectivity index (χ0n) is 15.8. The Morgan fingerprint density at radius 3 is 2.23 bits per heavy atom. The number of hydrogen-bond acceptors (Lipinski definition) is 5. The lowest BCUT2D eigenvalue weighted by Crippen LogP contribution is -2.44. The Morgan fingerprint density at radius 2 is 1.80 bits per heavy atom. The molecular formula is C18H21F3N3O5P. The number of aromatic nitrogens is 1. The molecule has 3 atom stereocenters. The Balaban J connectivity index is 2.31. The van der Waals surface area contributed by atoms with Crippen molar-refractivity contribution in [1.29, 1.82) is 0 Å². The van der Waals surface area contributed by atoms with E-state index in [1.54, 1.807) is 42.7 Å². The van der Waals surface area contributed by atoms with Crippen molar-refractivity contribution < 1.29 is 36.8 Å². The van der Waals surface area contributed by atoms with E-state index in [1.165, 1.54) is 12.1 Å². The van der Waals surface area contributed by atoms with Crippen molar-refractivity contribution in [1.82, 2.24) is 10.3 Å². The molecule has 30 heavy (non-hydrogen) atoms. The van der Waals surface area contributed by atoms with Crippen molar-refractivity contribution in [3.05, 3.63) is 53.9 Å². The van der Waals surface area contributed by atoms with E-state index in [2.05, 4.69) is 9.51 Å². The number of halogens is 3. The standard InChI is InChI=1S/C18H21F3N3O5P/c1-10(22)14-7-6-13(9-23-14)11-2-4-12(5-3-11)16(29-30(26,27)28)15(8-19)24-18(25)17(20)21/h2-7,9-10,15-17H,8,22H2,1H3,(H,24,25)(H2,26,27,28). The van der Waals surface area contributed by atoms with Gasteiger partial charge in [-0.25, -0.2) is 8.96 Å². The highest BCUT2D eigenvalue weighted by molar-refractivity contribution is 7.46. The van der Waals surface area contributed by atoms with E-state index in [1.807, 2.05) is 0 Å². The number of amides is 1. The molecule has 2 aromatic rings. The van der Waals surface area contributed by atoms with E-state index in [9.17, 15) is 22.5 Å². The molecule has 5 N–H and O–H groups in total. The summed E-state index contributed by atoms with van der Waals surface area (Å²) in [5, 5.41) is 1.70. The van der Waals surface area contributed by atoms with Crippen LogP contribution in [0.2, 0.25) is 0 Å². The van der Waals surface area contributed by atoms with Crippen molar-refractivity contribution >= 4 is 13.7 Å². The van der Waals surface area contributed by atoms with Crippen LogP contribution >= 0.6 is 7.82 Å². The van der Waals surface area contributed by atoms with Crippen molar-refractivity contribution in [2.75, 3.05) is 6.67 Å². The lowest BCUT2D eigenvalue weighted by molar-refractivity contribution is -0.133. The van der Waals surface area contributed by atoms with Crippen LogP contribution in [-0.2, 0) is 13.9 Å². The number of carbonyl (C=O) groups is 1. The minimum absolute atomic E-state index is 0.0689. The molecule has 1 heterocycles. The molecule has 1 amide bonds. The maximum atomic E-state index is 13.4. The number of phosphoric acid groups is 1. The van der Waals surface area contributed by atoms with Gasteiger partial charge < -0.3 is 20.8 Å². The summed E-state index contributed by atoms with van der Waals surface area (Å²) >= 11 is 0. The Kier molecular flexibility index (Phi) is 8.10. The summed E-state index contributed by atoms with van der Waals surface area (Å²) in [6.45, 7) is 0.388. The zero-order valence-corrected chi connectivity index (χ0v) is 16.7. The first-order chi connectivity index (χ1) is 14.0. The molecule has 0 spiro atoms.